The number of hydrogen-bond donors (Lipinski definition) is 0. The molecule has 1 heterocycles. The fourth-order valence-corrected chi connectivity index (χ4v) is 2.31. The monoisotopic (exact) mass is 213 g/mol. The van der Waals surface area contributed by atoms with Gasteiger partial charge in [0.1, 0.15) is 0 Å². The molecule has 1 radical (unpaired) electrons. The molecule has 14 heavy (non-hydrogen) atoms. The van der Waals surface area contributed by atoms with Crippen molar-refractivity contribution >= 4 is 10.4 Å². The van der Waals surface area contributed by atoms with Crippen molar-refractivity contribution < 1.29 is 8.76 Å². The SMILES string of the molecule is C=CCC=C1C(C)=CCN1[S+](C)([O])=O. The topological polar surface area (TPSA) is 40.2 Å². The Bertz CT molecular complexity index is 338. The first kappa shape index (κ1) is 11.2. The standard InChI is InChI=1S/C10H15NO2S/c1-4-5-6-10-9(2)7-8-11(10)14(3,12)13/h4,6-7H,1,5,8H2,2-3H3/q+1. The summed E-state index contributed by atoms with van der Waals surface area (Å²) in [6.07, 6.45) is 7.45. The first-order valence-electron chi connectivity index (χ1n) is 4.42. The van der Waals surface area contributed by atoms with Crippen LogP contribution < -0.4 is 0 Å². The molecule has 1 unspecified atom stereocenters. The highest BCUT2D eigenvalue weighted by Gasteiger charge is 2.36. The summed E-state index contributed by atoms with van der Waals surface area (Å²) < 4.78 is 24.2. The number of sulfonamides is 1. The van der Waals surface area contributed by atoms with Crippen LogP contribution in [0, 0.1) is 0 Å². The molecule has 0 aromatic carbocycles. The Morgan fingerprint density at radius 2 is 2.36 bits per heavy atom. The fraction of sp³-hybridized carbons (Fsp3) is 0.400. The average Bonchev–Trinajstić information content (AvgIpc) is 2.42. The molecule has 1 aliphatic rings. The van der Waals surface area contributed by atoms with Crippen LogP contribution in [0.3, 0.4) is 0 Å². The highest BCUT2D eigenvalue weighted by molar-refractivity contribution is 7.94. The van der Waals surface area contributed by atoms with Crippen molar-refractivity contribution in [1.82, 2.24) is 4.31 Å². The maximum atomic E-state index is 11.4. The largest absolute Gasteiger partial charge is 0.353 e. The van der Waals surface area contributed by atoms with Crippen molar-refractivity contribution in [2.75, 3.05) is 12.8 Å². The van der Waals surface area contributed by atoms with Crippen molar-refractivity contribution in [3.8, 4) is 0 Å². The third kappa shape index (κ3) is 2.33. The zero-order valence-corrected chi connectivity index (χ0v) is 9.34. The first-order chi connectivity index (χ1) is 6.46. The summed E-state index contributed by atoms with van der Waals surface area (Å²) in [6.45, 7) is 5.97. The van der Waals surface area contributed by atoms with Gasteiger partial charge in [-0.25, -0.2) is 0 Å². The van der Waals surface area contributed by atoms with Crippen molar-refractivity contribution in [2.24, 2.45) is 0 Å². The average molecular weight is 213 g/mol. The van der Waals surface area contributed by atoms with Gasteiger partial charge in [0.25, 0.3) is 0 Å². The summed E-state index contributed by atoms with van der Waals surface area (Å²) in [5, 5.41) is 0. The van der Waals surface area contributed by atoms with Crippen molar-refractivity contribution in [1.29, 1.82) is 0 Å². The third-order valence-corrected chi connectivity index (χ3v) is 3.26. The minimum atomic E-state index is -3.14. The molecule has 0 aliphatic carbocycles. The summed E-state index contributed by atoms with van der Waals surface area (Å²) in [6, 6.07) is 0. The van der Waals surface area contributed by atoms with Crippen LogP contribution in [0.4, 0.5) is 0 Å². The molecule has 0 fully saturated rings. The van der Waals surface area contributed by atoms with E-state index in [0.717, 1.165) is 11.3 Å². The molecule has 1 atom stereocenters. The van der Waals surface area contributed by atoms with Crippen LogP contribution in [-0.2, 0) is 19.2 Å². The Hall–Kier alpha value is -0.870. The molecule has 1 aliphatic heterocycles. The van der Waals surface area contributed by atoms with E-state index in [9.17, 15) is 8.76 Å². The molecule has 0 N–H and O–H groups in total. The number of nitrogens with zero attached hydrogens (tertiary/aromatic N) is 1. The van der Waals surface area contributed by atoms with Crippen LogP contribution in [0.1, 0.15) is 13.3 Å². The summed E-state index contributed by atoms with van der Waals surface area (Å²) in [5.74, 6) is 0. The molecule has 3 nitrogen and oxygen atoms in total. The maximum absolute atomic E-state index is 11.4. The summed E-state index contributed by atoms with van der Waals surface area (Å²) in [7, 11) is -3.14. The van der Waals surface area contributed by atoms with E-state index in [1.807, 2.05) is 19.1 Å². The molecule has 0 spiro atoms. The van der Waals surface area contributed by atoms with Gasteiger partial charge < -0.3 is 0 Å². The fourth-order valence-electron chi connectivity index (χ4n) is 1.39. The van der Waals surface area contributed by atoms with E-state index in [0.29, 0.717) is 13.0 Å². The number of rotatable bonds is 3. The molecular weight excluding hydrogens is 198 g/mol. The smallest absolute Gasteiger partial charge is 0.160 e. The van der Waals surface area contributed by atoms with Gasteiger partial charge in [-0.15, -0.1) is 6.58 Å². The minimum absolute atomic E-state index is 0.452. The molecular formula is C10H15NO2S+. The summed E-state index contributed by atoms with van der Waals surface area (Å²) in [5.41, 5.74) is 1.80. The van der Waals surface area contributed by atoms with Gasteiger partial charge in [0.15, 0.2) is 6.26 Å². The molecule has 1 rings (SSSR count). The maximum Gasteiger partial charge on any atom is 0.353 e. The van der Waals surface area contributed by atoms with Gasteiger partial charge in [0.05, 0.1) is 16.8 Å². The van der Waals surface area contributed by atoms with Gasteiger partial charge in [0, 0.05) is 0 Å². The molecule has 77 valence electrons. The lowest BCUT2D eigenvalue weighted by Crippen LogP contribution is -2.30. The van der Waals surface area contributed by atoms with E-state index in [4.69, 9.17) is 0 Å². The Morgan fingerprint density at radius 3 is 2.86 bits per heavy atom. The second-order valence-electron chi connectivity index (χ2n) is 3.29. The van der Waals surface area contributed by atoms with E-state index >= 15 is 0 Å². The lowest BCUT2D eigenvalue weighted by molar-refractivity contribution is 0.383. The van der Waals surface area contributed by atoms with Gasteiger partial charge in [-0.1, -0.05) is 18.2 Å². The number of hydrogen-bond acceptors (Lipinski definition) is 1. The normalized spacial score (nSPS) is 23.5. The van der Waals surface area contributed by atoms with E-state index in [1.165, 1.54) is 10.6 Å². The number of allylic oxidation sites excluding steroid dienone is 3. The van der Waals surface area contributed by atoms with E-state index in [2.05, 4.69) is 6.58 Å². The van der Waals surface area contributed by atoms with Crippen molar-refractivity contribution in [3.63, 3.8) is 0 Å². The molecule has 0 bridgehead atoms. The molecule has 0 aromatic heterocycles. The molecule has 0 saturated heterocycles. The van der Waals surface area contributed by atoms with Crippen LogP contribution >= 0.6 is 0 Å². The highest BCUT2D eigenvalue weighted by Crippen LogP contribution is 2.27. The molecule has 0 saturated carbocycles. The minimum Gasteiger partial charge on any atom is -0.160 e. The predicted octanol–water partition coefficient (Wildman–Crippen LogP) is 2.10. The highest BCUT2D eigenvalue weighted by atomic mass is 32.3. The van der Waals surface area contributed by atoms with Crippen LogP contribution in [0.5, 0.6) is 0 Å². The van der Waals surface area contributed by atoms with Gasteiger partial charge in [0.2, 0.25) is 0 Å². The second kappa shape index (κ2) is 4.11. The van der Waals surface area contributed by atoms with Gasteiger partial charge in [-0.05, 0) is 23.1 Å². The van der Waals surface area contributed by atoms with Crippen LogP contribution in [0.15, 0.2) is 36.1 Å². The quantitative estimate of drug-likeness (QED) is 0.522. The zero-order valence-electron chi connectivity index (χ0n) is 8.53. The van der Waals surface area contributed by atoms with E-state index in [-0.39, 0.29) is 0 Å². The van der Waals surface area contributed by atoms with Gasteiger partial charge in [-0.3, -0.25) is 0 Å². The zero-order chi connectivity index (χ0) is 10.8. The molecule has 0 aromatic rings. The van der Waals surface area contributed by atoms with Crippen molar-refractivity contribution in [3.05, 3.63) is 36.1 Å². The Morgan fingerprint density at radius 1 is 1.71 bits per heavy atom. The second-order valence-corrected chi connectivity index (χ2v) is 5.20. The molecule has 0 amide bonds. The van der Waals surface area contributed by atoms with Gasteiger partial charge >= 0.3 is 10.4 Å². The lowest BCUT2D eigenvalue weighted by Gasteiger charge is -2.14. The van der Waals surface area contributed by atoms with E-state index < -0.39 is 10.4 Å². The van der Waals surface area contributed by atoms with E-state index in [1.54, 1.807) is 6.08 Å². The summed E-state index contributed by atoms with van der Waals surface area (Å²) in [4.78, 5) is 0. The molecule has 4 heteroatoms. The summed E-state index contributed by atoms with van der Waals surface area (Å²) >= 11 is 0. The van der Waals surface area contributed by atoms with Gasteiger partial charge in [-0.2, -0.15) is 4.31 Å². The Kier molecular flexibility index (Phi) is 3.29. The Balaban J connectivity index is 2.93. The van der Waals surface area contributed by atoms with Crippen LogP contribution in [0.2, 0.25) is 0 Å². The third-order valence-electron chi connectivity index (χ3n) is 2.11. The Labute approximate surface area is 86.2 Å². The van der Waals surface area contributed by atoms with Crippen molar-refractivity contribution in [2.45, 2.75) is 13.3 Å². The first-order valence-corrected chi connectivity index (χ1v) is 6.27. The van der Waals surface area contributed by atoms with Crippen LogP contribution in [-0.4, -0.2) is 17.1 Å². The lowest BCUT2D eigenvalue weighted by atomic mass is 10.2. The predicted molar refractivity (Wildman–Crippen MR) is 58.0 cm³/mol. The van der Waals surface area contributed by atoms with Crippen LogP contribution in [0.25, 0.3) is 0 Å².